The summed E-state index contributed by atoms with van der Waals surface area (Å²) < 4.78 is 21.4. The summed E-state index contributed by atoms with van der Waals surface area (Å²) in [6, 6.07) is 9.01. The van der Waals surface area contributed by atoms with Crippen LogP contribution < -0.4 is 4.74 Å². The van der Waals surface area contributed by atoms with Crippen molar-refractivity contribution in [3.8, 4) is 17.3 Å². The van der Waals surface area contributed by atoms with Crippen LogP contribution in [-0.4, -0.2) is 60.2 Å². The highest BCUT2D eigenvalue weighted by Gasteiger charge is 2.41. The maximum absolute atomic E-state index is 13.2. The molecule has 0 radical (unpaired) electrons. The number of benzene rings is 1. The first-order valence-electron chi connectivity index (χ1n) is 11.8. The summed E-state index contributed by atoms with van der Waals surface area (Å²) in [5, 5.41) is 0.358. The van der Waals surface area contributed by atoms with Crippen molar-refractivity contribution in [3.05, 3.63) is 64.7 Å². The van der Waals surface area contributed by atoms with Crippen LogP contribution in [0.2, 0.25) is 5.02 Å². The molecule has 4 aromatic rings. The molecule has 1 amide bonds. The van der Waals surface area contributed by atoms with E-state index in [9.17, 15) is 9.18 Å². The molecule has 2 fully saturated rings. The third-order valence-electron chi connectivity index (χ3n) is 6.67. The molecule has 1 aliphatic heterocycles. The third kappa shape index (κ3) is 4.17. The number of fused-ring (bicyclic) bond motifs is 1. The van der Waals surface area contributed by atoms with Crippen LogP contribution in [0.15, 0.2) is 42.9 Å². The molecular weight excluding hydrogens is 483 g/mol. The van der Waals surface area contributed by atoms with Crippen molar-refractivity contribution in [1.29, 1.82) is 0 Å². The van der Waals surface area contributed by atoms with Gasteiger partial charge in [0.2, 0.25) is 5.88 Å². The first-order chi connectivity index (χ1) is 17.3. The lowest BCUT2D eigenvalue weighted by Gasteiger charge is -2.34. The number of carbonyl (C=O) groups excluding carboxylic acids is 1. The van der Waals surface area contributed by atoms with Gasteiger partial charge in [-0.05, 0) is 62.6 Å². The van der Waals surface area contributed by atoms with Gasteiger partial charge in [0, 0.05) is 17.3 Å². The molecule has 0 unspecified atom stereocenters. The zero-order valence-electron chi connectivity index (χ0n) is 19.9. The van der Waals surface area contributed by atoms with Crippen LogP contribution >= 0.6 is 11.6 Å². The molecule has 4 heterocycles. The smallest absolute Gasteiger partial charge is 0.254 e. The van der Waals surface area contributed by atoms with Gasteiger partial charge in [-0.15, -0.1) is 0 Å². The van der Waals surface area contributed by atoms with Gasteiger partial charge in [-0.25, -0.2) is 14.4 Å². The Morgan fingerprint density at radius 2 is 2.00 bits per heavy atom. The molecule has 10 heteroatoms. The first kappa shape index (κ1) is 22.8. The van der Waals surface area contributed by atoms with Gasteiger partial charge in [0.25, 0.3) is 5.91 Å². The van der Waals surface area contributed by atoms with Crippen molar-refractivity contribution < 1.29 is 13.9 Å². The summed E-state index contributed by atoms with van der Waals surface area (Å²) in [4.78, 5) is 32.4. The summed E-state index contributed by atoms with van der Waals surface area (Å²) in [5.74, 6) is 0.754. The van der Waals surface area contributed by atoms with Crippen molar-refractivity contribution in [1.82, 2.24) is 29.4 Å². The number of pyridine rings is 1. The Bertz CT molecular complexity index is 1500. The standard InChI is InChI=1S/C26H24ClFN6O2/c1-15-5-8-29-18(9-15)13-34-22(32-21-23(34)30-14-31-24(21)36-26(2)6-7-26)19-4-3-16(10-20(19)27)25(35)33-11-17(28)12-33/h3-5,8-10,14,17H,6-7,11-13H2,1-2H3. The maximum atomic E-state index is 13.2. The maximum Gasteiger partial charge on any atom is 0.254 e. The number of hydrogen-bond donors (Lipinski definition) is 0. The van der Waals surface area contributed by atoms with Crippen LogP contribution in [0.25, 0.3) is 22.6 Å². The quantitative estimate of drug-likeness (QED) is 0.379. The summed E-state index contributed by atoms with van der Waals surface area (Å²) in [7, 11) is 0. The molecule has 1 aliphatic carbocycles. The Labute approximate surface area is 212 Å². The molecule has 0 atom stereocenters. The molecular formula is C26H24ClFN6O2. The lowest BCUT2D eigenvalue weighted by Crippen LogP contribution is -2.51. The number of aromatic nitrogens is 5. The number of nitrogens with zero attached hydrogens (tertiary/aromatic N) is 6. The number of aryl methyl sites for hydroxylation is 1. The molecule has 184 valence electrons. The minimum absolute atomic E-state index is 0.109. The number of rotatable bonds is 6. The first-order valence-corrected chi connectivity index (χ1v) is 12.2. The second-order valence-electron chi connectivity index (χ2n) is 9.75. The number of carbonyl (C=O) groups is 1. The van der Waals surface area contributed by atoms with Gasteiger partial charge in [-0.2, -0.15) is 4.98 Å². The molecule has 2 aliphatic rings. The SMILES string of the molecule is Cc1ccnc(Cn2c(-c3ccc(C(=O)N4CC(F)C4)cc3Cl)nc3c(OC4(C)CC4)ncnc32)c1. The van der Waals surface area contributed by atoms with E-state index < -0.39 is 6.17 Å². The number of likely N-dealkylation sites (tertiary alicyclic amines) is 1. The van der Waals surface area contributed by atoms with Gasteiger partial charge < -0.3 is 14.2 Å². The average molecular weight is 507 g/mol. The van der Waals surface area contributed by atoms with Crippen LogP contribution in [0, 0.1) is 6.92 Å². The second kappa shape index (κ2) is 8.51. The molecule has 1 aromatic carbocycles. The van der Waals surface area contributed by atoms with E-state index in [-0.39, 0.29) is 24.6 Å². The summed E-state index contributed by atoms with van der Waals surface area (Å²) in [5.41, 5.74) is 3.88. The van der Waals surface area contributed by atoms with Crippen molar-refractivity contribution >= 4 is 28.7 Å². The van der Waals surface area contributed by atoms with E-state index in [4.69, 9.17) is 21.3 Å². The molecule has 36 heavy (non-hydrogen) atoms. The van der Waals surface area contributed by atoms with Crippen LogP contribution in [0.3, 0.4) is 0 Å². The zero-order valence-corrected chi connectivity index (χ0v) is 20.7. The van der Waals surface area contributed by atoms with E-state index in [1.807, 2.05) is 30.5 Å². The van der Waals surface area contributed by atoms with Crippen LogP contribution in [0.4, 0.5) is 4.39 Å². The zero-order chi connectivity index (χ0) is 25.0. The Balaban J connectivity index is 1.45. The lowest BCUT2D eigenvalue weighted by molar-refractivity contribution is 0.0400. The molecule has 0 N–H and O–H groups in total. The number of halogens is 2. The third-order valence-corrected chi connectivity index (χ3v) is 6.98. The molecule has 1 saturated heterocycles. The van der Waals surface area contributed by atoms with Crippen molar-refractivity contribution in [2.24, 2.45) is 0 Å². The molecule has 0 bridgehead atoms. The number of imidazole rings is 1. The van der Waals surface area contributed by atoms with E-state index in [0.29, 0.717) is 45.6 Å². The summed E-state index contributed by atoms with van der Waals surface area (Å²) in [6.07, 6.45) is 4.20. The van der Waals surface area contributed by atoms with Gasteiger partial charge in [0.05, 0.1) is 30.4 Å². The molecule has 0 spiro atoms. The summed E-state index contributed by atoms with van der Waals surface area (Å²) >= 11 is 6.71. The van der Waals surface area contributed by atoms with Crippen LogP contribution in [-0.2, 0) is 6.54 Å². The average Bonchev–Trinajstić information content (AvgIpc) is 3.45. The second-order valence-corrected chi connectivity index (χ2v) is 10.2. The normalized spacial score (nSPS) is 16.7. The van der Waals surface area contributed by atoms with Gasteiger partial charge in [0.1, 0.15) is 23.9 Å². The Kier molecular flexibility index (Phi) is 5.40. The van der Waals surface area contributed by atoms with Gasteiger partial charge >= 0.3 is 0 Å². The number of hydrogen-bond acceptors (Lipinski definition) is 6. The van der Waals surface area contributed by atoms with Crippen LogP contribution in [0.5, 0.6) is 5.88 Å². The highest BCUT2D eigenvalue weighted by atomic mass is 35.5. The molecule has 6 rings (SSSR count). The largest absolute Gasteiger partial charge is 0.470 e. The van der Waals surface area contributed by atoms with E-state index in [1.54, 1.807) is 24.4 Å². The number of alkyl halides is 1. The minimum Gasteiger partial charge on any atom is -0.470 e. The molecule has 1 saturated carbocycles. The highest BCUT2D eigenvalue weighted by molar-refractivity contribution is 6.33. The predicted octanol–water partition coefficient (Wildman–Crippen LogP) is 4.62. The van der Waals surface area contributed by atoms with Gasteiger partial charge in [0.15, 0.2) is 11.2 Å². The number of ether oxygens (including phenoxy) is 1. The minimum atomic E-state index is -0.964. The van der Waals surface area contributed by atoms with Gasteiger partial charge in [-0.3, -0.25) is 9.78 Å². The van der Waals surface area contributed by atoms with Crippen molar-refractivity contribution in [3.63, 3.8) is 0 Å². The Morgan fingerprint density at radius 3 is 2.69 bits per heavy atom. The molecule has 3 aromatic heterocycles. The Hall–Kier alpha value is -3.59. The lowest BCUT2D eigenvalue weighted by atomic mass is 10.1. The number of amides is 1. The van der Waals surface area contributed by atoms with E-state index in [0.717, 1.165) is 24.1 Å². The summed E-state index contributed by atoms with van der Waals surface area (Å²) in [6.45, 7) is 4.68. The Morgan fingerprint density at radius 1 is 1.19 bits per heavy atom. The van der Waals surface area contributed by atoms with Crippen molar-refractivity contribution in [2.75, 3.05) is 13.1 Å². The van der Waals surface area contributed by atoms with Crippen LogP contribution in [0.1, 0.15) is 41.4 Å². The van der Waals surface area contributed by atoms with E-state index >= 15 is 0 Å². The topological polar surface area (TPSA) is 86.0 Å². The molecule has 8 nitrogen and oxygen atoms in total. The predicted molar refractivity (Wildman–Crippen MR) is 133 cm³/mol. The van der Waals surface area contributed by atoms with E-state index in [2.05, 4.69) is 15.0 Å². The highest BCUT2D eigenvalue weighted by Crippen LogP contribution is 2.41. The fourth-order valence-electron chi connectivity index (χ4n) is 4.31. The monoisotopic (exact) mass is 506 g/mol. The van der Waals surface area contributed by atoms with Gasteiger partial charge in [-0.1, -0.05) is 11.6 Å². The van der Waals surface area contributed by atoms with E-state index in [1.165, 1.54) is 11.2 Å². The fourth-order valence-corrected chi connectivity index (χ4v) is 4.57. The van der Waals surface area contributed by atoms with Crippen molar-refractivity contribution in [2.45, 2.75) is 45.0 Å². The fraction of sp³-hybridized carbons (Fsp3) is 0.346.